The Labute approximate surface area is 124 Å². The van der Waals surface area contributed by atoms with E-state index in [0.717, 1.165) is 0 Å². The van der Waals surface area contributed by atoms with Gasteiger partial charge in [0.15, 0.2) is 6.10 Å². The highest BCUT2D eigenvalue weighted by Gasteiger charge is 2.32. The molecule has 5 nitrogen and oxygen atoms in total. The van der Waals surface area contributed by atoms with Crippen molar-refractivity contribution < 1.29 is 13.2 Å². The lowest BCUT2D eigenvalue weighted by atomic mass is 10.3. The van der Waals surface area contributed by atoms with E-state index in [1.165, 1.54) is 16.4 Å². The van der Waals surface area contributed by atoms with Gasteiger partial charge in [0, 0.05) is 11.0 Å². The summed E-state index contributed by atoms with van der Waals surface area (Å²) in [5.74, 6) is 0. The van der Waals surface area contributed by atoms with Crippen LogP contribution in [0.25, 0.3) is 0 Å². The smallest absolute Gasteiger partial charge is 0.244 e. The molecular formula is C11H10BrClN2O3S. The molecule has 1 atom stereocenters. The monoisotopic (exact) mass is 364 g/mol. The molecule has 0 N–H and O–H groups in total. The molecule has 1 aromatic carbocycles. The standard InChI is InChI=1S/C11H10BrClN2O3S/c12-8-1-2-11(10(13)5-8)19(16,17)15-3-4-18-9(6-14)7-15/h1-2,5,9H,3-4,7H2. The number of nitriles is 1. The maximum Gasteiger partial charge on any atom is 0.244 e. The zero-order chi connectivity index (χ0) is 14.0. The Morgan fingerprint density at radius 3 is 2.89 bits per heavy atom. The first kappa shape index (κ1) is 14.8. The first-order chi connectivity index (χ1) is 8.95. The number of rotatable bonds is 2. The fourth-order valence-corrected chi connectivity index (χ4v) is 4.18. The number of nitrogens with zero attached hydrogens (tertiary/aromatic N) is 2. The second kappa shape index (κ2) is 5.77. The van der Waals surface area contributed by atoms with E-state index in [1.54, 1.807) is 6.07 Å². The van der Waals surface area contributed by atoms with Crippen LogP contribution in [-0.4, -0.2) is 38.5 Å². The third-order valence-corrected chi connectivity index (χ3v) is 5.53. The minimum absolute atomic E-state index is 0.0191. The van der Waals surface area contributed by atoms with E-state index >= 15 is 0 Å². The van der Waals surface area contributed by atoms with E-state index in [9.17, 15) is 8.42 Å². The Hall–Kier alpha value is -0.650. The predicted octanol–water partition coefficient (Wildman–Crippen LogP) is 2.02. The Kier molecular flexibility index (Phi) is 4.48. The molecule has 19 heavy (non-hydrogen) atoms. The van der Waals surface area contributed by atoms with Gasteiger partial charge in [-0.3, -0.25) is 0 Å². The normalized spacial score (nSPS) is 21.0. The highest BCUT2D eigenvalue weighted by molar-refractivity contribution is 9.10. The molecule has 1 unspecified atom stereocenters. The molecule has 2 rings (SSSR count). The summed E-state index contributed by atoms with van der Waals surface area (Å²) in [6, 6.07) is 6.49. The molecule has 0 saturated carbocycles. The minimum Gasteiger partial charge on any atom is -0.361 e. The van der Waals surface area contributed by atoms with E-state index in [-0.39, 0.29) is 29.6 Å². The van der Waals surface area contributed by atoms with Crippen molar-refractivity contribution in [3.05, 3.63) is 27.7 Å². The third kappa shape index (κ3) is 3.09. The highest BCUT2D eigenvalue weighted by atomic mass is 79.9. The number of hydrogen-bond donors (Lipinski definition) is 0. The largest absolute Gasteiger partial charge is 0.361 e. The van der Waals surface area contributed by atoms with Crippen LogP contribution in [0.3, 0.4) is 0 Å². The predicted molar refractivity (Wildman–Crippen MR) is 73.3 cm³/mol. The van der Waals surface area contributed by atoms with Crippen molar-refractivity contribution >= 4 is 37.6 Å². The molecule has 1 aliphatic rings. The molecule has 1 fully saturated rings. The molecule has 0 spiro atoms. The first-order valence-electron chi connectivity index (χ1n) is 5.41. The van der Waals surface area contributed by atoms with Crippen LogP contribution in [0, 0.1) is 11.3 Å². The fourth-order valence-electron chi connectivity index (χ4n) is 1.75. The van der Waals surface area contributed by atoms with E-state index in [4.69, 9.17) is 21.6 Å². The van der Waals surface area contributed by atoms with Crippen LogP contribution in [0.5, 0.6) is 0 Å². The van der Waals surface area contributed by atoms with E-state index in [2.05, 4.69) is 15.9 Å². The average molecular weight is 366 g/mol. The molecule has 1 heterocycles. The summed E-state index contributed by atoms with van der Waals surface area (Å²) >= 11 is 9.20. The zero-order valence-corrected chi connectivity index (χ0v) is 12.9. The Morgan fingerprint density at radius 1 is 1.53 bits per heavy atom. The van der Waals surface area contributed by atoms with Crippen LogP contribution in [-0.2, 0) is 14.8 Å². The molecule has 0 radical (unpaired) electrons. The van der Waals surface area contributed by atoms with Crippen LogP contribution >= 0.6 is 27.5 Å². The number of ether oxygens (including phenoxy) is 1. The summed E-state index contributed by atoms with van der Waals surface area (Å²) in [4.78, 5) is 0.0379. The van der Waals surface area contributed by atoms with Crippen LogP contribution < -0.4 is 0 Å². The molecule has 102 valence electrons. The molecule has 0 aliphatic carbocycles. The highest BCUT2D eigenvalue weighted by Crippen LogP contribution is 2.28. The number of morpholine rings is 1. The second-order valence-electron chi connectivity index (χ2n) is 3.93. The molecule has 1 aliphatic heterocycles. The lowest BCUT2D eigenvalue weighted by molar-refractivity contribution is 0.0311. The average Bonchev–Trinajstić information content (AvgIpc) is 2.38. The molecule has 0 bridgehead atoms. The Bertz CT molecular complexity index is 629. The number of hydrogen-bond acceptors (Lipinski definition) is 4. The first-order valence-corrected chi connectivity index (χ1v) is 8.02. The van der Waals surface area contributed by atoms with Crippen LogP contribution in [0.2, 0.25) is 5.02 Å². The van der Waals surface area contributed by atoms with Crippen LogP contribution in [0.4, 0.5) is 0 Å². The van der Waals surface area contributed by atoms with Gasteiger partial charge in [-0.15, -0.1) is 0 Å². The van der Waals surface area contributed by atoms with Gasteiger partial charge in [0.1, 0.15) is 4.90 Å². The molecule has 8 heteroatoms. The van der Waals surface area contributed by atoms with Crippen molar-refractivity contribution in [3.63, 3.8) is 0 Å². The minimum atomic E-state index is -3.70. The van der Waals surface area contributed by atoms with Gasteiger partial charge in [-0.05, 0) is 18.2 Å². The molecular weight excluding hydrogens is 356 g/mol. The van der Waals surface area contributed by atoms with E-state index < -0.39 is 16.1 Å². The Morgan fingerprint density at radius 2 is 2.26 bits per heavy atom. The van der Waals surface area contributed by atoms with E-state index in [0.29, 0.717) is 4.47 Å². The van der Waals surface area contributed by atoms with Gasteiger partial charge in [0.25, 0.3) is 0 Å². The lowest BCUT2D eigenvalue weighted by Crippen LogP contribution is -2.45. The van der Waals surface area contributed by atoms with Gasteiger partial charge in [0.2, 0.25) is 10.0 Å². The van der Waals surface area contributed by atoms with Crippen molar-refractivity contribution in [2.24, 2.45) is 0 Å². The lowest BCUT2D eigenvalue weighted by Gasteiger charge is -2.29. The Balaban J connectivity index is 2.34. The van der Waals surface area contributed by atoms with Crippen LogP contribution in [0.1, 0.15) is 0 Å². The van der Waals surface area contributed by atoms with Crippen molar-refractivity contribution in [1.29, 1.82) is 5.26 Å². The van der Waals surface area contributed by atoms with Crippen LogP contribution in [0.15, 0.2) is 27.6 Å². The number of benzene rings is 1. The maximum absolute atomic E-state index is 12.4. The molecule has 0 amide bonds. The quantitative estimate of drug-likeness (QED) is 0.804. The van der Waals surface area contributed by atoms with Crippen molar-refractivity contribution in [2.45, 2.75) is 11.0 Å². The second-order valence-corrected chi connectivity index (χ2v) is 7.16. The van der Waals surface area contributed by atoms with Crippen molar-refractivity contribution in [1.82, 2.24) is 4.31 Å². The summed E-state index contributed by atoms with van der Waals surface area (Å²) in [6.07, 6.45) is -0.738. The maximum atomic E-state index is 12.4. The summed E-state index contributed by atoms with van der Waals surface area (Å²) in [7, 11) is -3.70. The van der Waals surface area contributed by atoms with Gasteiger partial charge in [-0.2, -0.15) is 9.57 Å². The molecule has 0 aromatic heterocycles. The van der Waals surface area contributed by atoms with Gasteiger partial charge in [-0.25, -0.2) is 8.42 Å². The molecule has 1 aromatic rings. The summed E-state index contributed by atoms with van der Waals surface area (Å²) in [5.41, 5.74) is 0. The van der Waals surface area contributed by atoms with Gasteiger partial charge < -0.3 is 4.74 Å². The topological polar surface area (TPSA) is 70.4 Å². The summed E-state index contributed by atoms with van der Waals surface area (Å²) in [6.45, 7) is 0.434. The van der Waals surface area contributed by atoms with Gasteiger partial charge >= 0.3 is 0 Å². The van der Waals surface area contributed by atoms with Gasteiger partial charge in [-0.1, -0.05) is 27.5 Å². The SMILES string of the molecule is N#CC1CN(S(=O)(=O)c2ccc(Br)cc2Cl)CCO1. The third-order valence-electron chi connectivity index (χ3n) is 2.68. The fraction of sp³-hybridized carbons (Fsp3) is 0.364. The summed E-state index contributed by atoms with van der Waals surface area (Å²) in [5, 5.41) is 8.95. The van der Waals surface area contributed by atoms with Crippen molar-refractivity contribution in [3.8, 4) is 6.07 Å². The molecule has 1 saturated heterocycles. The number of sulfonamides is 1. The summed E-state index contributed by atoms with van der Waals surface area (Å²) < 4.78 is 31.9. The zero-order valence-electron chi connectivity index (χ0n) is 9.71. The van der Waals surface area contributed by atoms with Crippen molar-refractivity contribution in [2.75, 3.05) is 19.7 Å². The van der Waals surface area contributed by atoms with Gasteiger partial charge in [0.05, 0.1) is 24.2 Å². The number of halogens is 2. The van der Waals surface area contributed by atoms with E-state index in [1.807, 2.05) is 6.07 Å².